The standard InChI is InChI=1S/C21H24N6O/c1-4-27-17-9-8-15-13(12-24-25-15)18(17)21(28)19-16(7-6-14(22)20(19)27)23-10-5-11-26(2)3/h4,6-9,12,23H,1,5,10-11,22H2,2-3H3,(H,24,25). The fraction of sp³-hybridized carbons (Fsp3) is 0.238. The summed E-state index contributed by atoms with van der Waals surface area (Å²) in [6.45, 7) is 5.68. The van der Waals surface area contributed by atoms with Crippen LogP contribution in [0, 0.1) is 0 Å². The number of nitrogen functional groups attached to an aromatic ring is 1. The third-order valence-corrected chi connectivity index (χ3v) is 5.05. The van der Waals surface area contributed by atoms with Crippen molar-refractivity contribution < 1.29 is 0 Å². The van der Waals surface area contributed by atoms with Crippen molar-refractivity contribution in [3.8, 4) is 0 Å². The minimum absolute atomic E-state index is 0.0579. The average molecular weight is 376 g/mol. The average Bonchev–Trinajstić information content (AvgIpc) is 3.15. The van der Waals surface area contributed by atoms with E-state index in [1.165, 1.54) is 0 Å². The van der Waals surface area contributed by atoms with Gasteiger partial charge < -0.3 is 20.5 Å². The highest BCUT2D eigenvalue weighted by molar-refractivity contribution is 6.13. The van der Waals surface area contributed by atoms with E-state index in [-0.39, 0.29) is 5.43 Å². The zero-order valence-corrected chi connectivity index (χ0v) is 16.1. The molecule has 7 nitrogen and oxygen atoms in total. The van der Waals surface area contributed by atoms with Gasteiger partial charge in [-0.15, -0.1) is 0 Å². The van der Waals surface area contributed by atoms with Gasteiger partial charge in [0.2, 0.25) is 0 Å². The van der Waals surface area contributed by atoms with Gasteiger partial charge in [-0.05, 0) is 51.3 Å². The molecule has 144 valence electrons. The first kappa shape index (κ1) is 18.1. The summed E-state index contributed by atoms with van der Waals surface area (Å²) in [5, 5.41) is 12.4. The molecule has 0 aliphatic carbocycles. The molecule has 0 atom stereocenters. The zero-order valence-electron chi connectivity index (χ0n) is 16.1. The molecule has 4 rings (SSSR count). The predicted octanol–water partition coefficient (Wildman–Crippen LogP) is 3.08. The summed E-state index contributed by atoms with van der Waals surface area (Å²) < 4.78 is 1.89. The van der Waals surface area contributed by atoms with Crippen LogP contribution in [0.25, 0.3) is 38.9 Å². The number of nitrogens with one attached hydrogen (secondary N) is 2. The minimum atomic E-state index is -0.0579. The molecule has 0 fully saturated rings. The van der Waals surface area contributed by atoms with Gasteiger partial charge in [-0.1, -0.05) is 6.58 Å². The number of hydrogen-bond donors (Lipinski definition) is 3. The van der Waals surface area contributed by atoms with Gasteiger partial charge in [-0.3, -0.25) is 9.89 Å². The number of pyridine rings is 1. The predicted molar refractivity (Wildman–Crippen MR) is 118 cm³/mol. The van der Waals surface area contributed by atoms with Crippen LogP contribution in [-0.2, 0) is 0 Å². The van der Waals surface area contributed by atoms with E-state index < -0.39 is 0 Å². The number of rotatable bonds is 6. The number of hydrogen-bond acceptors (Lipinski definition) is 5. The van der Waals surface area contributed by atoms with Gasteiger partial charge in [0.15, 0.2) is 5.43 Å². The Morgan fingerprint density at radius 1 is 1.29 bits per heavy atom. The Kier molecular flexibility index (Phi) is 4.52. The third kappa shape index (κ3) is 2.80. The molecular weight excluding hydrogens is 352 g/mol. The normalized spacial score (nSPS) is 11.7. The highest BCUT2D eigenvalue weighted by Gasteiger charge is 2.17. The van der Waals surface area contributed by atoms with E-state index >= 15 is 0 Å². The molecule has 0 aliphatic rings. The third-order valence-electron chi connectivity index (χ3n) is 5.05. The maximum Gasteiger partial charge on any atom is 0.200 e. The van der Waals surface area contributed by atoms with Crippen molar-refractivity contribution >= 4 is 50.3 Å². The van der Waals surface area contributed by atoms with Crippen LogP contribution in [0.3, 0.4) is 0 Å². The molecule has 2 aromatic heterocycles. The van der Waals surface area contributed by atoms with Crippen LogP contribution in [0.2, 0.25) is 0 Å². The SMILES string of the molecule is C=Cn1c2ccc3[nH]ncc3c2c(=O)c2c(NCCCN(C)C)ccc(N)c21. The van der Waals surface area contributed by atoms with Crippen molar-refractivity contribution in [1.82, 2.24) is 19.7 Å². The van der Waals surface area contributed by atoms with Gasteiger partial charge in [-0.2, -0.15) is 5.10 Å². The van der Waals surface area contributed by atoms with Crippen molar-refractivity contribution in [2.24, 2.45) is 0 Å². The van der Waals surface area contributed by atoms with Crippen LogP contribution in [0.15, 0.2) is 41.8 Å². The Hall–Kier alpha value is -3.32. The summed E-state index contributed by atoms with van der Waals surface area (Å²) in [5.41, 5.74) is 9.81. The summed E-state index contributed by atoms with van der Waals surface area (Å²) in [6.07, 6.45) is 4.35. The number of aromatic amines is 1. The number of aromatic nitrogens is 3. The van der Waals surface area contributed by atoms with Gasteiger partial charge in [-0.25, -0.2) is 0 Å². The summed E-state index contributed by atoms with van der Waals surface area (Å²) >= 11 is 0. The summed E-state index contributed by atoms with van der Waals surface area (Å²) in [4.78, 5) is 15.7. The monoisotopic (exact) mass is 376 g/mol. The van der Waals surface area contributed by atoms with Crippen LogP contribution in [-0.4, -0.2) is 46.8 Å². The van der Waals surface area contributed by atoms with Crippen LogP contribution in [0.4, 0.5) is 11.4 Å². The first-order chi connectivity index (χ1) is 13.5. The lowest BCUT2D eigenvalue weighted by Crippen LogP contribution is -2.17. The van der Waals surface area contributed by atoms with Crippen molar-refractivity contribution in [2.45, 2.75) is 6.42 Å². The molecule has 2 aromatic carbocycles. The highest BCUT2D eigenvalue weighted by atomic mass is 16.1. The van der Waals surface area contributed by atoms with Crippen LogP contribution < -0.4 is 16.5 Å². The number of fused-ring (bicyclic) bond motifs is 4. The second kappa shape index (κ2) is 7.01. The second-order valence-corrected chi connectivity index (χ2v) is 7.18. The molecule has 0 unspecified atom stereocenters. The Morgan fingerprint density at radius 3 is 2.86 bits per heavy atom. The molecule has 0 aliphatic heterocycles. The topological polar surface area (TPSA) is 92.0 Å². The number of H-pyrrole nitrogens is 1. The Morgan fingerprint density at radius 2 is 2.11 bits per heavy atom. The molecule has 0 saturated carbocycles. The highest BCUT2D eigenvalue weighted by Crippen LogP contribution is 2.32. The van der Waals surface area contributed by atoms with Gasteiger partial charge in [0, 0.05) is 23.8 Å². The molecule has 0 spiro atoms. The fourth-order valence-corrected chi connectivity index (χ4v) is 3.74. The molecular formula is C21H24N6O. The molecule has 0 saturated heterocycles. The lowest BCUT2D eigenvalue weighted by atomic mass is 10.0. The molecule has 0 bridgehead atoms. The molecule has 0 radical (unpaired) electrons. The smallest absolute Gasteiger partial charge is 0.200 e. The van der Waals surface area contributed by atoms with E-state index in [4.69, 9.17) is 5.73 Å². The minimum Gasteiger partial charge on any atom is -0.397 e. The van der Waals surface area contributed by atoms with E-state index in [0.717, 1.165) is 41.6 Å². The first-order valence-corrected chi connectivity index (χ1v) is 9.26. The zero-order chi connectivity index (χ0) is 19.8. The Balaban J connectivity index is 2.01. The van der Waals surface area contributed by atoms with Crippen molar-refractivity contribution in [2.75, 3.05) is 38.2 Å². The van der Waals surface area contributed by atoms with Crippen LogP contribution >= 0.6 is 0 Å². The van der Waals surface area contributed by atoms with Crippen molar-refractivity contribution in [3.05, 3.63) is 47.3 Å². The quantitative estimate of drug-likeness (QED) is 0.273. The number of anilines is 2. The van der Waals surface area contributed by atoms with Gasteiger partial charge >= 0.3 is 0 Å². The van der Waals surface area contributed by atoms with E-state index in [9.17, 15) is 4.79 Å². The second-order valence-electron chi connectivity index (χ2n) is 7.18. The van der Waals surface area contributed by atoms with Crippen molar-refractivity contribution in [1.29, 1.82) is 0 Å². The number of nitrogens with zero attached hydrogens (tertiary/aromatic N) is 3. The summed E-state index contributed by atoms with van der Waals surface area (Å²) in [5.74, 6) is 0. The maximum atomic E-state index is 13.6. The maximum absolute atomic E-state index is 13.6. The van der Waals surface area contributed by atoms with Gasteiger partial charge in [0.25, 0.3) is 0 Å². The largest absolute Gasteiger partial charge is 0.397 e. The number of benzene rings is 2. The summed E-state index contributed by atoms with van der Waals surface area (Å²) in [6, 6.07) is 7.52. The molecule has 4 aromatic rings. The Bertz CT molecular complexity index is 1250. The van der Waals surface area contributed by atoms with Crippen LogP contribution in [0.1, 0.15) is 6.42 Å². The van der Waals surface area contributed by atoms with E-state index in [0.29, 0.717) is 22.0 Å². The first-order valence-electron chi connectivity index (χ1n) is 9.26. The lowest BCUT2D eigenvalue weighted by Gasteiger charge is -2.17. The van der Waals surface area contributed by atoms with Gasteiger partial charge in [0.05, 0.1) is 39.2 Å². The number of nitrogens with two attached hydrogens (primary N) is 1. The van der Waals surface area contributed by atoms with Crippen molar-refractivity contribution in [3.63, 3.8) is 0 Å². The van der Waals surface area contributed by atoms with E-state index in [2.05, 4.69) is 27.0 Å². The van der Waals surface area contributed by atoms with Gasteiger partial charge in [0.1, 0.15) is 0 Å². The summed E-state index contributed by atoms with van der Waals surface area (Å²) in [7, 11) is 4.09. The molecule has 28 heavy (non-hydrogen) atoms. The van der Waals surface area contributed by atoms with E-state index in [1.807, 2.05) is 42.9 Å². The lowest BCUT2D eigenvalue weighted by molar-refractivity contribution is 0.405. The molecule has 4 N–H and O–H groups in total. The van der Waals surface area contributed by atoms with E-state index in [1.54, 1.807) is 12.4 Å². The van der Waals surface area contributed by atoms with Crippen LogP contribution in [0.5, 0.6) is 0 Å². The molecule has 7 heteroatoms. The fourth-order valence-electron chi connectivity index (χ4n) is 3.74. The molecule has 2 heterocycles. The molecule has 0 amide bonds. The Labute approximate surface area is 162 Å².